The second kappa shape index (κ2) is 5.79. The number of hydrogen-bond acceptors (Lipinski definition) is 3. The molecule has 0 bridgehead atoms. The molecule has 1 aromatic rings. The molecule has 5 nitrogen and oxygen atoms in total. The number of nitrogens with one attached hydrogen (secondary N) is 1. The fourth-order valence-corrected chi connectivity index (χ4v) is 3.34. The maximum absolute atomic E-state index is 11.9. The highest BCUT2D eigenvalue weighted by atomic mass is 32.2. The zero-order valence-corrected chi connectivity index (χ0v) is 11.1. The zero-order valence-electron chi connectivity index (χ0n) is 10.2. The van der Waals surface area contributed by atoms with Crippen molar-refractivity contribution in [3.05, 3.63) is 35.9 Å². The molecule has 0 amide bonds. The lowest BCUT2D eigenvalue weighted by Crippen LogP contribution is -2.41. The Bertz CT molecular complexity index is 469. The number of benzene rings is 1. The van der Waals surface area contributed by atoms with E-state index >= 15 is 0 Å². The first-order valence-corrected chi connectivity index (χ1v) is 7.59. The highest BCUT2D eigenvalue weighted by Crippen LogP contribution is 2.13. The molecule has 0 saturated carbocycles. The summed E-state index contributed by atoms with van der Waals surface area (Å²) in [5.41, 5.74) is 6.89. The largest absolute Gasteiger partial charge is 0.323 e. The van der Waals surface area contributed by atoms with Crippen LogP contribution in [0.4, 0.5) is 0 Å². The number of nitrogens with two attached hydrogens (primary N) is 1. The van der Waals surface area contributed by atoms with E-state index in [4.69, 9.17) is 5.73 Å². The summed E-state index contributed by atoms with van der Waals surface area (Å²) in [6.45, 7) is 1.44. The van der Waals surface area contributed by atoms with Crippen molar-refractivity contribution in [2.24, 2.45) is 5.73 Å². The lowest BCUT2D eigenvalue weighted by molar-refractivity contribution is 0.461. The van der Waals surface area contributed by atoms with Gasteiger partial charge in [0.15, 0.2) is 0 Å². The Hall–Kier alpha value is -0.950. The summed E-state index contributed by atoms with van der Waals surface area (Å²) in [5.74, 6) is 0. The maximum Gasteiger partial charge on any atom is 0.279 e. The Labute approximate surface area is 108 Å². The Kier molecular flexibility index (Phi) is 4.34. The zero-order chi connectivity index (χ0) is 13.0. The molecule has 0 aromatic heterocycles. The van der Waals surface area contributed by atoms with Crippen LogP contribution in [-0.2, 0) is 10.2 Å². The molecular weight excluding hydrogens is 250 g/mol. The van der Waals surface area contributed by atoms with Gasteiger partial charge in [-0.2, -0.15) is 12.7 Å². The summed E-state index contributed by atoms with van der Waals surface area (Å²) < 4.78 is 27.9. The van der Waals surface area contributed by atoms with Gasteiger partial charge in [0.25, 0.3) is 10.2 Å². The van der Waals surface area contributed by atoms with Gasteiger partial charge in [-0.05, 0) is 18.4 Å². The predicted molar refractivity (Wildman–Crippen MR) is 71.1 cm³/mol. The van der Waals surface area contributed by atoms with Gasteiger partial charge >= 0.3 is 0 Å². The summed E-state index contributed by atoms with van der Waals surface area (Å²) >= 11 is 0. The molecule has 0 aliphatic carbocycles. The van der Waals surface area contributed by atoms with Gasteiger partial charge in [-0.25, -0.2) is 4.72 Å². The molecule has 3 N–H and O–H groups in total. The Morgan fingerprint density at radius 2 is 1.83 bits per heavy atom. The molecule has 1 aliphatic rings. The van der Waals surface area contributed by atoms with Crippen LogP contribution in [0.5, 0.6) is 0 Å². The third-order valence-electron chi connectivity index (χ3n) is 3.12. The molecule has 1 atom stereocenters. The molecule has 100 valence electrons. The summed E-state index contributed by atoms with van der Waals surface area (Å²) in [4.78, 5) is 0. The van der Waals surface area contributed by atoms with E-state index in [0.29, 0.717) is 13.1 Å². The predicted octanol–water partition coefficient (Wildman–Crippen LogP) is 0.617. The van der Waals surface area contributed by atoms with Gasteiger partial charge in [-0.1, -0.05) is 30.3 Å². The molecule has 2 rings (SSSR count). The Morgan fingerprint density at radius 3 is 2.44 bits per heavy atom. The van der Waals surface area contributed by atoms with Gasteiger partial charge in [0, 0.05) is 25.7 Å². The van der Waals surface area contributed by atoms with Crippen molar-refractivity contribution in [2.45, 2.75) is 18.9 Å². The molecule has 1 unspecified atom stereocenters. The van der Waals surface area contributed by atoms with Gasteiger partial charge in [0.2, 0.25) is 0 Å². The fourth-order valence-electron chi connectivity index (χ4n) is 2.03. The lowest BCUT2D eigenvalue weighted by Gasteiger charge is -2.18. The van der Waals surface area contributed by atoms with Crippen molar-refractivity contribution in [1.82, 2.24) is 9.03 Å². The highest BCUT2D eigenvalue weighted by Gasteiger charge is 2.25. The minimum atomic E-state index is -3.36. The standard InChI is InChI=1S/C12H19N3O2S/c13-12(11-6-2-1-3-7-11)10-14-18(16,17)15-8-4-5-9-15/h1-3,6-7,12,14H,4-5,8-10,13H2. The fraction of sp³-hybridized carbons (Fsp3) is 0.500. The topological polar surface area (TPSA) is 75.4 Å². The van der Waals surface area contributed by atoms with Crippen LogP contribution in [0.1, 0.15) is 24.4 Å². The third-order valence-corrected chi connectivity index (χ3v) is 4.69. The smallest absolute Gasteiger partial charge is 0.279 e. The van der Waals surface area contributed by atoms with Crippen molar-refractivity contribution in [1.29, 1.82) is 0 Å². The van der Waals surface area contributed by atoms with Crippen molar-refractivity contribution >= 4 is 10.2 Å². The molecule has 0 radical (unpaired) electrons. The van der Waals surface area contributed by atoms with E-state index in [1.54, 1.807) is 0 Å². The van der Waals surface area contributed by atoms with Crippen LogP contribution in [0.3, 0.4) is 0 Å². The van der Waals surface area contributed by atoms with E-state index in [1.807, 2.05) is 30.3 Å². The van der Waals surface area contributed by atoms with E-state index in [-0.39, 0.29) is 12.6 Å². The first-order chi connectivity index (χ1) is 8.59. The van der Waals surface area contributed by atoms with Crippen molar-refractivity contribution in [3.63, 3.8) is 0 Å². The molecular formula is C12H19N3O2S. The Morgan fingerprint density at radius 1 is 1.22 bits per heavy atom. The van der Waals surface area contributed by atoms with Crippen LogP contribution < -0.4 is 10.5 Å². The summed E-state index contributed by atoms with van der Waals surface area (Å²) in [5, 5.41) is 0. The lowest BCUT2D eigenvalue weighted by atomic mass is 10.1. The molecule has 1 fully saturated rings. The minimum absolute atomic E-state index is 0.225. The highest BCUT2D eigenvalue weighted by molar-refractivity contribution is 7.87. The second-order valence-corrected chi connectivity index (χ2v) is 6.23. The van der Waals surface area contributed by atoms with Crippen molar-refractivity contribution < 1.29 is 8.42 Å². The van der Waals surface area contributed by atoms with E-state index in [0.717, 1.165) is 18.4 Å². The van der Waals surface area contributed by atoms with E-state index in [1.165, 1.54) is 4.31 Å². The van der Waals surface area contributed by atoms with Crippen LogP contribution >= 0.6 is 0 Å². The number of hydrogen-bond donors (Lipinski definition) is 2. The average Bonchev–Trinajstić information content (AvgIpc) is 2.92. The molecule has 18 heavy (non-hydrogen) atoms. The monoisotopic (exact) mass is 269 g/mol. The molecule has 1 heterocycles. The first-order valence-electron chi connectivity index (χ1n) is 6.15. The van der Waals surface area contributed by atoms with Gasteiger partial charge in [-0.15, -0.1) is 0 Å². The van der Waals surface area contributed by atoms with Crippen LogP contribution in [-0.4, -0.2) is 32.4 Å². The van der Waals surface area contributed by atoms with E-state index in [2.05, 4.69) is 4.72 Å². The summed E-state index contributed by atoms with van der Waals surface area (Å²) in [7, 11) is -3.36. The van der Waals surface area contributed by atoms with Crippen LogP contribution in [0, 0.1) is 0 Å². The third kappa shape index (κ3) is 3.29. The first kappa shape index (κ1) is 13.5. The number of nitrogens with zero attached hydrogens (tertiary/aromatic N) is 1. The van der Waals surface area contributed by atoms with Gasteiger partial charge in [0.05, 0.1) is 0 Å². The molecule has 6 heteroatoms. The van der Waals surface area contributed by atoms with Gasteiger partial charge < -0.3 is 5.73 Å². The average molecular weight is 269 g/mol. The second-order valence-electron chi connectivity index (χ2n) is 4.48. The quantitative estimate of drug-likeness (QED) is 0.822. The SMILES string of the molecule is NC(CNS(=O)(=O)N1CCCC1)c1ccccc1. The maximum atomic E-state index is 11.9. The molecule has 1 aromatic carbocycles. The summed E-state index contributed by atoms with van der Waals surface area (Å²) in [6, 6.07) is 9.17. The Balaban J connectivity index is 1.91. The molecule has 1 aliphatic heterocycles. The molecule has 0 spiro atoms. The number of rotatable bonds is 5. The normalized spacial score (nSPS) is 18.9. The van der Waals surface area contributed by atoms with Gasteiger partial charge in [0.1, 0.15) is 0 Å². The van der Waals surface area contributed by atoms with Crippen LogP contribution in [0.15, 0.2) is 30.3 Å². The van der Waals surface area contributed by atoms with Crippen LogP contribution in [0.2, 0.25) is 0 Å². The van der Waals surface area contributed by atoms with Crippen molar-refractivity contribution in [2.75, 3.05) is 19.6 Å². The van der Waals surface area contributed by atoms with Crippen LogP contribution in [0.25, 0.3) is 0 Å². The minimum Gasteiger partial charge on any atom is -0.323 e. The van der Waals surface area contributed by atoms with E-state index < -0.39 is 10.2 Å². The van der Waals surface area contributed by atoms with Crippen molar-refractivity contribution in [3.8, 4) is 0 Å². The summed E-state index contributed by atoms with van der Waals surface area (Å²) in [6.07, 6.45) is 1.87. The molecule has 1 saturated heterocycles. The van der Waals surface area contributed by atoms with Gasteiger partial charge in [-0.3, -0.25) is 0 Å². The van der Waals surface area contributed by atoms with E-state index in [9.17, 15) is 8.42 Å².